The molecule has 2 heteroatoms. The summed E-state index contributed by atoms with van der Waals surface area (Å²) in [5, 5.41) is 0. The average molecular weight is 262 g/mol. The minimum atomic E-state index is 0.292. The summed E-state index contributed by atoms with van der Waals surface area (Å²) in [4.78, 5) is 2.37. The number of nitrogens with two attached hydrogens (primary N) is 1. The van der Waals surface area contributed by atoms with Gasteiger partial charge in [-0.25, -0.2) is 0 Å². The molecule has 1 aromatic rings. The first-order valence-corrected chi connectivity index (χ1v) is 7.25. The second-order valence-corrected chi connectivity index (χ2v) is 7.05. The molecule has 0 heterocycles. The molecule has 19 heavy (non-hydrogen) atoms. The molecule has 0 bridgehead atoms. The lowest BCUT2D eigenvalue weighted by Gasteiger charge is -2.33. The minimum Gasteiger partial charge on any atom is -0.329 e. The van der Waals surface area contributed by atoms with E-state index in [-0.39, 0.29) is 0 Å². The van der Waals surface area contributed by atoms with E-state index >= 15 is 0 Å². The summed E-state index contributed by atoms with van der Waals surface area (Å²) < 4.78 is 0. The zero-order chi connectivity index (χ0) is 14.6. The van der Waals surface area contributed by atoms with E-state index in [4.69, 9.17) is 5.73 Å². The highest BCUT2D eigenvalue weighted by molar-refractivity contribution is 5.27. The summed E-state index contributed by atoms with van der Waals surface area (Å²) >= 11 is 0. The Kier molecular flexibility index (Phi) is 5.57. The van der Waals surface area contributed by atoms with Crippen LogP contribution in [0.3, 0.4) is 0 Å². The fourth-order valence-electron chi connectivity index (χ4n) is 2.53. The molecule has 0 amide bonds. The number of nitrogens with zero attached hydrogens (tertiary/aromatic N) is 1. The molecule has 2 nitrogen and oxygen atoms in total. The number of hydrogen-bond donors (Lipinski definition) is 1. The van der Waals surface area contributed by atoms with Crippen LogP contribution in [-0.4, -0.2) is 25.0 Å². The molecule has 0 aromatic heterocycles. The van der Waals surface area contributed by atoms with Crippen LogP contribution in [0.15, 0.2) is 24.3 Å². The highest BCUT2D eigenvalue weighted by Crippen LogP contribution is 2.25. The summed E-state index contributed by atoms with van der Waals surface area (Å²) in [6.07, 6.45) is 0. The van der Waals surface area contributed by atoms with E-state index in [0.717, 1.165) is 6.54 Å². The number of hydrogen-bond acceptors (Lipinski definition) is 2. The minimum absolute atomic E-state index is 0.292. The Bertz CT molecular complexity index is 373. The summed E-state index contributed by atoms with van der Waals surface area (Å²) in [5.74, 6) is 0.581. The van der Waals surface area contributed by atoms with Crippen molar-refractivity contribution in [3.05, 3.63) is 35.4 Å². The average Bonchev–Trinajstić information content (AvgIpc) is 2.28. The van der Waals surface area contributed by atoms with Crippen LogP contribution in [0.4, 0.5) is 0 Å². The van der Waals surface area contributed by atoms with E-state index in [1.54, 1.807) is 0 Å². The quantitative estimate of drug-likeness (QED) is 0.875. The second kappa shape index (κ2) is 6.53. The predicted molar refractivity (Wildman–Crippen MR) is 84.4 cm³/mol. The first-order valence-electron chi connectivity index (χ1n) is 7.25. The van der Waals surface area contributed by atoms with Gasteiger partial charge in [-0.05, 0) is 29.5 Å². The summed E-state index contributed by atoms with van der Waals surface area (Å²) in [5.41, 5.74) is 8.98. The normalized spacial score (nSPS) is 14.2. The molecular formula is C17H30N2. The van der Waals surface area contributed by atoms with Crippen molar-refractivity contribution < 1.29 is 0 Å². The van der Waals surface area contributed by atoms with Crippen LogP contribution in [0.5, 0.6) is 0 Å². The largest absolute Gasteiger partial charge is 0.329 e. The van der Waals surface area contributed by atoms with E-state index < -0.39 is 0 Å². The predicted octanol–water partition coefficient (Wildman–Crippen LogP) is 3.79. The van der Waals surface area contributed by atoms with E-state index in [1.807, 2.05) is 0 Å². The lowest BCUT2D eigenvalue weighted by atomic mass is 9.93. The molecule has 0 spiro atoms. The molecule has 0 aliphatic heterocycles. The van der Waals surface area contributed by atoms with Gasteiger partial charge in [-0.3, -0.25) is 4.90 Å². The first kappa shape index (κ1) is 16.2. The fourth-order valence-corrected chi connectivity index (χ4v) is 2.53. The van der Waals surface area contributed by atoms with Crippen LogP contribution < -0.4 is 5.73 Å². The monoisotopic (exact) mass is 262 g/mol. The molecule has 108 valence electrons. The summed E-state index contributed by atoms with van der Waals surface area (Å²) in [7, 11) is 2.17. The Morgan fingerprint density at radius 2 is 1.53 bits per heavy atom. The maximum absolute atomic E-state index is 5.98. The summed E-state index contributed by atoms with van der Waals surface area (Å²) in [6.45, 7) is 12.9. The summed E-state index contributed by atoms with van der Waals surface area (Å²) in [6, 6.07) is 9.22. The van der Waals surface area contributed by atoms with Crippen LogP contribution in [0.2, 0.25) is 0 Å². The highest BCUT2D eigenvalue weighted by Gasteiger charge is 2.20. The molecule has 0 aliphatic rings. The van der Waals surface area contributed by atoms with Crippen molar-refractivity contribution >= 4 is 0 Å². The zero-order valence-corrected chi connectivity index (χ0v) is 13.4. The molecule has 1 unspecified atom stereocenters. The van der Waals surface area contributed by atoms with Gasteiger partial charge in [-0.1, -0.05) is 58.9 Å². The molecule has 2 N–H and O–H groups in total. The molecular weight excluding hydrogens is 232 g/mol. The molecule has 1 aromatic carbocycles. The Morgan fingerprint density at radius 1 is 1.05 bits per heavy atom. The van der Waals surface area contributed by atoms with Gasteiger partial charge in [0, 0.05) is 19.1 Å². The smallest absolute Gasteiger partial charge is 0.0467 e. The molecule has 0 radical (unpaired) electrons. The van der Waals surface area contributed by atoms with Crippen molar-refractivity contribution in [1.29, 1.82) is 0 Å². The van der Waals surface area contributed by atoms with Crippen LogP contribution in [0, 0.1) is 5.41 Å². The topological polar surface area (TPSA) is 29.3 Å². The van der Waals surface area contributed by atoms with Crippen molar-refractivity contribution in [1.82, 2.24) is 4.90 Å². The van der Waals surface area contributed by atoms with Crippen LogP contribution in [0.1, 0.15) is 57.7 Å². The fraction of sp³-hybridized carbons (Fsp3) is 0.647. The maximum Gasteiger partial charge on any atom is 0.0467 e. The van der Waals surface area contributed by atoms with Gasteiger partial charge in [0.15, 0.2) is 0 Å². The second-order valence-electron chi connectivity index (χ2n) is 7.05. The Labute approximate surface area is 119 Å². The Hall–Kier alpha value is -0.860. The van der Waals surface area contributed by atoms with Gasteiger partial charge in [-0.2, -0.15) is 0 Å². The first-order chi connectivity index (χ1) is 8.74. The van der Waals surface area contributed by atoms with Crippen molar-refractivity contribution in [2.75, 3.05) is 20.1 Å². The van der Waals surface area contributed by atoms with E-state index in [1.165, 1.54) is 11.1 Å². The third kappa shape index (κ3) is 4.96. The molecule has 0 fully saturated rings. The third-order valence-corrected chi connectivity index (χ3v) is 3.47. The van der Waals surface area contributed by atoms with Crippen molar-refractivity contribution in [3.63, 3.8) is 0 Å². The van der Waals surface area contributed by atoms with Crippen LogP contribution in [0.25, 0.3) is 0 Å². The maximum atomic E-state index is 5.98. The highest BCUT2D eigenvalue weighted by atomic mass is 15.1. The van der Waals surface area contributed by atoms with E-state index in [9.17, 15) is 0 Å². The van der Waals surface area contributed by atoms with Gasteiger partial charge in [0.25, 0.3) is 0 Å². The van der Waals surface area contributed by atoms with Gasteiger partial charge in [0.05, 0.1) is 0 Å². The van der Waals surface area contributed by atoms with Crippen molar-refractivity contribution in [3.8, 4) is 0 Å². The molecule has 0 saturated carbocycles. The Morgan fingerprint density at radius 3 is 1.89 bits per heavy atom. The van der Waals surface area contributed by atoms with Crippen LogP contribution in [-0.2, 0) is 0 Å². The lowest BCUT2D eigenvalue weighted by Crippen LogP contribution is -2.36. The number of benzene rings is 1. The van der Waals surface area contributed by atoms with Crippen molar-refractivity contribution in [2.24, 2.45) is 11.1 Å². The van der Waals surface area contributed by atoms with E-state index in [2.05, 4.69) is 70.8 Å². The van der Waals surface area contributed by atoms with Crippen molar-refractivity contribution in [2.45, 2.75) is 46.6 Å². The Balaban J connectivity index is 2.84. The molecule has 1 rings (SSSR count). The van der Waals surface area contributed by atoms with Gasteiger partial charge in [-0.15, -0.1) is 0 Å². The third-order valence-electron chi connectivity index (χ3n) is 3.47. The van der Waals surface area contributed by atoms with Crippen LogP contribution >= 0.6 is 0 Å². The van der Waals surface area contributed by atoms with Gasteiger partial charge in [0.1, 0.15) is 0 Å². The number of rotatable bonds is 5. The zero-order valence-electron chi connectivity index (χ0n) is 13.4. The molecule has 1 atom stereocenters. The number of likely N-dealkylation sites (N-methyl/N-ethyl adjacent to an activating group) is 1. The van der Waals surface area contributed by atoms with Gasteiger partial charge >= 0.3 is 0 Å². The SMILES string of the molecule is CC(C)c1ccc(C(CN)N(C)CC(C)(C)C)cc1. The lowest BCUT2D eigenvalue weighted by molar-refractivity contribution is 0.175. The van der Waals surface area contributed by atoms with Gasteiger partial charge < -0.3 is 5.73 Å². The van der Waals surface area contributed by atoms with E-state index in [0.29, 0.717) is 23.9 Å². The van der Waals surface area contributed by atoms with Gasteiger partial charge in [0.2, 0.25) is 0 Å². The molecule has 0 aliphatic carbocycles. The molecule has 0 saturated heterocycles. The standard InChI is InChI=1S/C17H30N2/c1-13(2)14-7-9-15(10-8-14)16(11-18)19(6)12-17(3,4)5/h7-10,13,16H,11-12,18H2,1-6H3.